The van der Waals surface area contributed by atoms with Crippen LogP contribution in [0.25, 0.3) is 0 Å². The highest BCUT2D eigenvalue weighted by Crippen LogP contribution is 2.27. The van der Waals surface area contributed by atoms with Gasteiger partial charge in [-0.15, -0.1) is 0 Å². The fourth-order valence-electron chi connectivity index (χ4n) is 4.37. The lowest BCUT2D eigenvalue weighted by Gasteiger charge is -2.33. The molecular formula is C23H32N2O4. The van der Waals surface area contributed by atoms with Gasteiger partial charge in [0.05, 0.1) is 0 Å². The molecule has 6 nitrogen and oxygen atoms in total. The third-order valence-corrected chi connectivity index (χ3v) is 6.03. The van der Waals surface area contributed by atoms with Gasteiger partial charge in [0.15, 0.2) is 0 Å². The topological polar surface area (TPSA) is 75.7 Å². The number of carbonyl (C=O) groups is 3. The van der Waals surface area contributed by atoms with Crippen molar-refractivity contribution in [3.8, 4) is 5.75 Å². The van der Waals surface area contributed by atoms with Crippen LogP contribution in [-0.4, -0.2) is 41.8 Å². The summed E-state index contributed by atoms with van der Waals surface area (Å²) in [6.07, 6.45) is 9.74. The van der Waals surface area contributed by atoms with Crippen molar-refractivity contribution in [2.45, 2.75) is 70.8 Å². The number of carbonyl (C=O) groups excluding carboxylic acids is 3. The molecule has 1 saturated heterocycles. The Bertz CT molecular complexity index is 719. The predicted octanol–water partition coefficient (Wildman–Crippen LogP) is 3.69. The summed E-state index contributed by atoms with van der Waals surface area (Å²) in [5.41, 5.74) is 0.467. The first kappa shape index (κ1) is 21.3. The molecule has 2 aliphatic rings. The van der Waals surface area contributed by atoms with E-state index in [-0.39, 0.29) is 17.9 Å². The number of benzene rings is 1. The van der Waals surface area contributed by atoms with Crippen LogP contribution in [-0.2, 0) is 9.59 Å². The van der Waals surface area contributed by atoms with E-state index < -0.39 is 5.97 Å². The van der Waals surface area contributed by atoms with Crippen LogP contribution in [0, 0.1) is 5.92 Å². The molecular weight excluding hydrogens is 368 g/mol. The van der Waals surface area contributed by atoms with Gasteiger partial charge in [-0.25, -0.2) is 0 Å². The van der Waals surface area contributed by atoms with Crippen molar-refractivity contribution in [1.82, 2.24) is 10.2 Å². The van der Waals surface area contributed by atoms with Crippen molar-refractivity contribution in [2.75, 3.05) is 13.1 Å². The molecule has 1 N–H and O–H groups in total. The quantitative estimate of drug-likeness (QED) is 0.584. The number of nitrogens with zero attached hydrogens (tertiary/aromatic N) is 1. The molecule has 0 bridgehead atoms. The molecule has 1 aliphatic carbocycles. The Kier molecular flexibility index (Phi) is 7.67. The molecule has 1 aromatic rings. The molecule has 1 heterocycles. The lowest BCUT2D eigenvalue weighted by Crippen LogP contribution is -2.46. The molecule has 1 saturated carbocycles. The summed E-state index contributed by atoms with van der Waals surface area (Å²) in [6.45, 7) is 2.72. The second kappa shape index (κ2) is 10.4. The maximum Gasteiger partial charge on any atom is 0.308 e. The monoisotopic (exact) mass is 400 g/mol. The average molecular weight is 401 g/mol. The average Bonchev–Trinajstić information content (AvgIpc) is 2.73. The lowest BCUT2D eigenvalue weighted by atomic mass is 9.86. The van der Waals surface area contributed by atoms with Crippen molar-refractivity contribution in [3.63, 3.8) is 0 Å². The van der Waals surface area contributed by atoms with Crippen molar-refractivity contribution in [3.05, 3.63) is 29.8 Å². The number of rotatable bonds is 6. The largest absolute Gasteiger partial charge is 0.427 e. The number of amides is 2. The molecule has 6 heteroatoms. The van der Waals surface area contributed by atoms with E-state index in [1.165, 1.54) is 39.0 Å². The molecule has 2 amide bonds. The van der Waals surface area contributed by atoms with E-state index >= 15 is 0 Å². The van der Waals surface area contributed by atoms with Gasteiger partial charge in [0.2, 0.25) is 5.91 Å². The molecule has 29 heavy (non-hydrogen) atoms. The van der Waals surface area contributed by atoms with Crippen LogP contribution < -0.4 is 10.1 Å². The maximum absolute atomic E-state index is 12.5. The summed E-state index contributed by atoms with van der Waals surface area (Å²) in [5, 5.41) is 3.04. The Hall–Kier alpha value is -2.37. The molecule has 0 unspecified atom stereocenters. The van der Waals surface area contributed by atoms with E-state index in [4.69, 9.17) is 4.74 Å². The van der Waals surface area contributed by atoms with Crippen LogP contribution in [0.5, 0.6) is 5.75 Å². The Morgan fingerprint density at radius 3 is 2.48 bits per heavy atom. The minimum atomic E-state index is -0.414. The van der Waals surface area contributed by atoms with Crippen molar-refractivity contribution >= 4 is 17.8 Å². The molecule has 0 spiro atoms. The fraction of sp³-hybridized carbons (Fsp3) is 0.609. The molecule has 3 rings (SSSR count). The van der Waals surface area contributed by atoms with E-state index in [2.05, 4.69) is 5.32 Å². The van der Waals surface area contributed by atoms with Gasteiger partial charge in [0.25, 0.3) is 5.91 Å². The first-order valence-corrected chi connectivity index (χ1v) is 10.9. The van der Waals surface area contributed by atoms with Gasteiger partial charge in [0, 0.05) is 38.0 Å². The van der Waals surface area contributed by atoms with Gasteiger partial charge in [-0.2, -0.15) is 0 Å². The number of esters is 1. The summed E-state index contributed by atoms with van der Waals surface area (Å²) >= 11 is 0. The number of nitrogens with one attached hydrogen (secondary N) is 1. The van der Waals surface area contributed by atoms with Gasteiger partial charge in [-0.3, -0.25) is 14.4 Å². The van der Waals surface area contributed by atoms with Crippen LogP contribution in [0.1, 0.15) is 75.1 Å². The fourth-order valence-corrected chi connectivity index (χ4v) is 4.37. The van der Waals surface area contributed by atoms with Gasteiger partial charge < -0.3 is 15.0 Å². The molecule has 0 atom stereocenters. The van der Waals surface area contributed by atoms with Crippen LogP contribution in [0.2, 0.25) is 0 Å². The first-order valence-electron chi connectivity index (χ1n) is 10.9. The van der Waals surface area contributed by atoms with E-state index in [1.807, 2.05) is 4.90 Å². The highest BCUT2D eigenvalue weighted by Gasteiger charge is 2.25. The zero-order chi connectivity index (χ0) is 20.6. The Morgan fingerprint density at radius 2 is 1.79 bits per heavy atom. The zero-order valence-corrected chi connectivity index (χ0v) is 17.3. The highest BCUT2D eigenvalue weighted by molar-refractivity contribution is 5.95. The molecule has 2 fully saturated rings. The molecule has 0 radical (unpaired) electrons. The molecule has 1 aromatic carbocycles. The van der Waals surface area contributed by atoms with Crippen molar-refractivity contribution in [2.24, 2.45) is 5.92 Å². The molecule has 158 valence electrons. The minimum Gasteiger partial charge on any atom is -0.427 e. The number of piperidine rings is 1. The van der Waals surface area contributed by atoms with Gasteiger partial charge >= 0.3 is 5.97 Å². The summed E-state index contributed by atoms with van der Waals surface area (Å²) < 4.78 is 5.04. The first-order chi connectivity index (χ1) is 14.0. The predicted molar refractivity (Wildman–Crippen MR) is 111 cm³/mol. The summed E-state index contributed by atoms with van der Waals surface area (Å²) in [7, 11) is 0. The van der Waals surface area contributed by atoms with Crippen LogP contribution >= 0.6 is 0 Å². The summed E-state index contributed by atoms with van der Waals surface area (Å²) in [6, 6.07) is 6.67. The van der Waals surface area contributed by atoms with E-state index in [0.717, 1.165) is 25.2 Å². The van der Waals surface area contributed by atoms with Gasteiger partial charge in [-0.05, 0) is 43.4 Å². The van der Waals surface area contributed by atoms with Crippen molar-refractivity contribution in [1.29, 1.82) is 0 Å². The summed E-state index contributed by atoms with van der Waals surface area (Å²) in [4.78, 5) is 38.1. The molecule has 0 aromatic heterocycles. The zero-order valence-electron chi connectivity index (χ0n) is 17.3. The minimum absolute atomic E-state index is 0.0577. The van der Waals surface area contributed by atoms with Gasteiger partial charge in [0.1, 0.15) is 5.75 Å². The van der Waals surface area contributed by atoms with E-state index in [1.54, 1.807) is 24.3 Å². The third kappa shape index (κ3) is 6.58. The van der Waals surface area contributed by atoms with Crippen molar-refractivity contribution < 1.29 is 19.1 Å². The number of likely N-dealkylation sites (tertiary alicyclic amines) is 1. The molecule has 1 aliphatic heterocycles. The Balaban J connectivity index is 1.41. The third-order valence-electron chi connectivity index (χ3n) is 6.03. The number of ether oxygens (including phenoxy) is 1. The highest BCUT2D eigenvalue weighted by atomic mass is 16.5. The second-order valence-corrected chi connectivity index (χ2v) is 8.29. The normalized spacial score (nSPS) is 18.3. The van der Waals surface area contributed by atoms with E-state index in [0.29, 0.717) is 30.8 Å². The second-order valence-electron chi connectivity index (χ2n) is 8.29. The lowest BCUT2D eigenvalue weighted by molar-refractivity contribution is -0.133. The standard InChI is InChI=1S/C23H32N2O4/c1-17(26)29-21-9-5-8-19(16-21)23(28)24-20-12-14-25(15-13-20)22(27)11-10-18-6-3-2-4-7-18/h5,8-9,16,18,20H,2-4,6-7,10-15H2,1H3,(H,24,28). The number of hydrogen-bond acceptors (Lipinski definition) is 4. The van der Waals surface area contributed by atoms with Crippen LogP contribution in [0.15, 0.2) is 24.3 Å². The Labute approximate surface area is 173 Å². The van der Waals surface area contributed by atoms with Crippen LogP contribution in [0.3, 0.4) is 0 Å². The van der Waals surface area contributed by atoms with E-state index in [9.17, 15) is 14.4 Å². The Morgan fingerprint density at radius 1 is 1.07 bits per heavy atom. The smallest absolute Gasteiger partial charge is 0.308 e. The summed E-state index contributed by atoms with van der Waals surface area (Å²) in [5.74, 6) is 0.759. The number of hydrogen-bond donors (Lipinski definition) is 1. The SMILES string of the molecule is CC(=O)Oc1cccc(C(=O)NC2CCN(C(=O)CCC3CCCCC3)CC2)c1. The van der Waals surface area contributed by atoms with Crippen LogP contribution in [0.4, 0.5) is 0 Å². The maximum atomic E-state index is 12.5. The van der Waals surface area contributed by atoms with Gasteiger partial charge in [-0.1, -0.05) is 38.2 Å².